The minimum atomic E-state index is -1.12. The lowest BCUT2D eigenvalue weighted by Crippen LogP contribution is -2.15. The van der Waals surface area contributed by atoms with Crippen molar-refractivity contribution < 1.29 is 14.6 Å². The third-order valence-electron chi connectivity index (χ3n) is 1.88. The lowest BCUT2D eigenvalue weighted by Gasteiger charge is -2.11. The second-order valence-corrected chi connectivity index (χ2v) is 2.82. The second kappa shape index (κ2) is 4.06. The van der Waals surface area contributed by atoms with Crippen molar-refractivity contribution in [3.8, 4) is 0 Å². The van der Waals surface area contributed by atoms with Gasteiger partial charge in [0, 0.05) is 19.4 Å². The van der Waals surface area contributed by atoms with Crippen molar-refractivity contribution in [1.29, 1.82) is 0 Å². The van der Waals surface area contributed by atoms with Crippen molar-refractivity contribution >= 4 is 5.97 Å². The number of rotatable bonds is 3. The summed E-state index contributed by atoms with van der Waals surface area (Å²) in [5, 5.41) is 9.68. The molecule has 1 aromatic heterocycles. The molecular weight excluding hydrogens is 184 g/mol. The smallest absolute Gasteiger partial charge is 0.336 e. The predicted molar refractivity (Wildman–Crippen MR) is 49.3 cm³/mol. The highest BCUT2D eigenvalue weighted by atomic mass is 16.5. The highest BCUT2D eigenvalue weighted by Gasteiger charge is 2.21. The second-order valence-electron chi connectivity index (χ2n) is 2.82. The molecule has 14 heavy (non-hydrogen) atoms. The maximum absolute atomic E-state index is 11.0. The molecule has 0 aliphatic heterocycles. The Balaban J connectivity index is 2.86. The Hall–Kier alpha value is -1.62. The molecule has 0 spiro atoms. The molecule has 1 unspecified atom stereocenters. The van der Waals surface area contributed by atoms with Gasteiger partial charge in [0.25, 0.3) is 0 Å². The van der Waals surface area contributed by atoms with Gasteiger partial charge in [-0.3, -0.25) is 0 Å². The van der Waals surface area contributed by atoms with Crippen LogP contribution in [0.5, 0.6) is 0 Å². The zero-order valence-electron chi connectivity index (χ0n) is 8.10. The number of aryl methyl sites for hydroxylation is 1. The van der Waals surface area contributed by atoms with E-state index in [9.17, 15) is 9.90 Å². The third kappa shape index (κ3) is 1.82. The number of ether oxygens (including phenoxy) is 1. The first-order chi connectivity index (χ1) is 6.57. The van der Waals surface area contributed by atoms with Crippen LogP contribution in [-0.4, -0.2) is 27.7 Å². The molecule has 0 aliphatic carbocycles. The fourth-order valence-electron chi connectivity index (χ4n) is 1.04. The molecule has 0 aromatic carbocycles. The lowest BCUT2D eigenvalue weighted by molar-refractivity contribution is -0.137. The first-order valence-electron chi connectivity index (χ1n) is 4.00. The molecule has 1 atom stereocenters. The van der Waals surface area contributed by atoms with Crippen LogP contribution in [0.15, 0.2) is 24.5 Å². The average Bonchev–Trinajstić information content (AvgIpc) is 2.61. The number of esters is 1. The Labute approximate surface area is 81.6 Å². The zero-order chi connectivity index (χ0) is 10.7. The van der Waals surface area contributed by atoms with Gasteiger partial charge in [-0.25, -0.2) is 9.78 Å². The first kappa shape index (κ1) is 10.5. The van der Waals surface area contributed by atoms with Gasteiger partial charge in [-0.05, 0) is 0 Å². The minimum Gasteiger partial charge on any atom is -0.466 e. The van der Waals surface area contributed by atoms with Gasteiger partial charge in [0.05, 0.1) is 12.7 Å². The van der Waals surface area contributed by atoms with Gasteiger partial charge in [0.15, 0.2) is 0 Å². The summed E-state index contributed by atoms with van der Waals surface area (Å²) in [5.74, 6) is -0.277. The van der Waals surface area contributed by atoms with E-state index in [1.165, 1.54) is 13.3 Å². The Morgan fingerprint density at radius 2 is 2.43 bits per heavy atom. The van der Waals surface area contributed by atoms with Crippen LogP contribution in [0, 0.1) is 0 Å². The van der Waals surface area contributed by atoms with Gasteiger partial charge in [0.1, 0.15) is 11.9 Å². The third-order valence-corrected chi connectivity index (χ3v) is 1.88. The van der Waals surface area contributed by atoms with Gasteiger partial charge >= 0.3 is 5.97 Å². The van der Waals surface area contributed by atoms with Crippen LogP contribution >= 0.6 is 0 Å². The van der Waals surface area contributed by atoms with Crippen molar-refractivity contribution in [3.05, 3.63) is 30.4 Å². The molecular formula is C9H12N2O3. The minimum absolute atomic E-state index is 0.0261. The summed E-state index contributed by atoms with van der Waals surface area (Å²) in [6.07, 6.45) is 2.08. The van der Waals surface area contributed by atoms with E-state index in [4.69, 9.17) is 0 Å². The van der Waals surface area contributed by atoms with Crippen molar-refractivity contribution in [2.45, 2.75) is 6.10 Å². The van der Waals surface area contributed by atoms with E-state index in [0.29, 0.717) is 5.82 Å². The van der Waals surface area contributed by atoms with E-state index in [0.717, 1.165) is 0 Å². The van der Waals surface area contributed by atoms with Crippen molar-refractivity contribution in [1.82, 2.24) is 9.55 Å². The van der Waals surface area contributed by atoms with Crippen LogP contribution in [0.2, 0.25) is 0 Å². The number of carbonyl (C=O) groups is 1. The summed E-state index contributed by atoms with van der Waals surface area (Å²) in [7, 11) is 2.95. The summed E-state index contributed by atoms with van der Waals surface area (Å²) in [6, 6.07) is 0. The number of carbonyl (C=O) groups excluding carboxylic acids is 1. The molecule has 5 nitrogen and oxygen atoms in total. The molecule has 1 N–H and O–H groups in total. The zero-order valence-corrected chi connectivity index (χ0v) is 8.10. The SMILES string of the molecule is C=C(C(=O)OC)C(O)c1nccn1C. The van der Waals surface area contributed by atoms with Crippen LogP contribution in [0.25, 0.3) is 0 Å². The highest BCUT2D eigenvalue weighted by molar-refractivity contribution is 5.88. The molecule has 0 amide bonds. The Bertz CT molecular complexity index is 357. The van der Waals surface area contributed by atoms with Crippen molar-refractivity contribution in [2.75, 3.05) is 7.11 Å². The summed E-state index contributed by atoms with van der Waals surface area (Å²) >= 11 is 0. The van der Waals surface area contributed by atoms with Gasteiger partial charge in [-0.15, -0.1) is 0 Å². The quantitative estimate of drug-likeness (QED) is 0.553. The predicted octanol–water partition coefficient (Wildman–Crippen LogP) is 0.183. The first-order valence-corrected chi connectivity index (χ1v) is 4.00. The lowest BCUT2D eigenvalue weighted by atomic mass is 10.1. The Kier molecular flexibility index (Phi) is 3.03. The number of aliphatic hydroxyl groups is 1. The van der Waals surface area contributed by atoms with E-state index < -0.39 is 12.1 Å². The number of aromatic nitrogens is 2. The van der Waals surface area contributed by atoms with Crippen LogP contribution in [0.4, 0.5) is 0 Å². The van der Waals surface area contributed by atoms with Crippen LogP contribution in [0.3, 0.4) is 0 Å². The van der Waals surface area contributed by atoms with Crippen LogP contribution < -0.4 is 0 Å². The topological polar surface area (TPSA) is 64.3 Å². The van der Waals surface area contributed by atoms with Crippen LogP contribution in [0.1, 0.15) is 11.9 Å². The van der Waals surface area contributed by atoms with E-state index >= 15 is 0 Å². The number of aliphatic hydroxyl groups excluding tert-OH is 1. The van der Waals surface area contributed by atoms with Gasteiger partial charge in [0.2, 0.25) is 0 Å². The fourth-order valence-corrected chi connectivity index (χ4v) is 1.04. The number of nitrogens with zero attached hydrogens (tertiary/aromatic N) is 2. The summed E-state index contributed by atoms with van der Waals surface area (Å²) < 4.78 is 6.05. The summed E-state index contributed by atoms with van der Waals surface area (Å²) in [6.45, 7) is 3.44. The highest BCUT2D eigenvalue weighted by Crippen LogP contribution is 2.18. The molecule has 0 radical (unpaired) electrons. The van der Waals surface area contributed by atoms with E-state index in [1.54, 1.807) is 17.8 Å². The number of hydrogen-bond acceptors (Lipinski definition) is 4. The van der Waals surface area contributed by atoms with Gasteiger partial charge in [-0.2, -0.15) is 0 Å². The largest absolute Gasteiger partial charge is 0.466 e. The molecule has 1 heterocycles. The standard InChI is InChI=1S/C9H12N2O3/c1-6(9(13)14-3)7(12)8-10-4-5-11(8)2/h4-5,7,12H,1H2,2-3H3. The maximum Gasteiger partial charge on any atom is 0.336 e. The molecule has 0 saturated carbocycles. The Morgan fingerprint density at radius 3 is 2.86 bits per heavy atom. The summed E-state index contributed by atoms with van der Waals surface area (Å²) in [4.78, 5) is 14.9. The summed E-state index contributed by atoms with van der Waals surface area (Å²) in [5.41, 5.74) is -0.0261. The maximum atomic E-state index is 11.0. The van der Waals surface area contributed by atoms with Gasteiger partial charge in [-0.1, -0.05) is 6.58 Å². The number of hydrogen-bond donors (Lipinski definition) is 1. The number of methoxy groups -OCH3 is 1. The van der Waals surface area contributed by atoms with E-state index in [2.05, 4.69) is 16.3 Å². The average molecular weight is 196 g/mol. The van der Waals surface area contributed by atoms with Crippen molar-refractivity contribution in [3.63, 3.8) is 0 Å². The molecule has 0 saturated heterocycles. The molecule has 1 rings (SSSR count). The molecule has 0 bridgehead atoms. The monoisotopic (exact) mass is 196 g/mol. The van der Waals surface area contributed by atoms with Crippen molar-refractivity contribution in [2.24, 2.45) is 7.05 Å². The number of imidazole rings is 1. The van der Waals surface area contributed by atoms with Crippen LogP contribution in [-0.2, 0) is 16.6 Å². The van der Waals surface area contributed by atoms with E-state index in [-0.39, 0.29) is 5.57 Å². The van der Waals surface area contributed by atoms with E-state index in [1.807, 2.05) is 0 Å². The molecule has 0 aliphatic rings. The Morgan fingerprint density at radius 1 is 1.79 bits per heavy atom. The normalized spacial score (nSPS) is 12.2. The molecule has 1 aromatic rings. The fraction of sp³-hybridized carbons (Fsp3) is 0.333. The molecule has 5 heteroatoms. The molecule has 76 valence electrons. The molecule has 0 fully saturated rings. The van der Waals surface area contributed by atoms with Gasteiger partial charge < -0.3 is 14.4 Å².